The topological polar surface area (TPSA) is 76.7 Å². The largest absolute Gasteiger partial charge is 0.382 e. The summed E-state index contributed by atoms with van der Waals surface area (Å²) < 4.78 is 36.7. The van der Waals surface area contributed by atoms with E-state index < -0.39 is 10.0 Å². The minimum Gasteiger partial charge on any atom is -0.382 e. The summed E-state index contributed by atoms with van der Waals surface area (Å²) in [4.78, 5) is 1.14. The Hall–Kier alpha value is -0.510. The summed E-state index contributed by atoms with van der Waals surface area (Å²) in [7, 11) is -0.0792. The van der Waals surface area contributed by atoms with E-state index in [1.807, 2.05) is 0 Å². The summed E-state index contributed by atoms with van der Waals surface area (Å²) in [5.41, 5.74) is 0. The number of hydrogen-bond donors (Lipinski definition) is 2. The molecule has 1 aromatic rings. The second kappa shape index (κ2) is 8.62. The quantitative estimate of drug-likeness (QED) is 0.612. The average Bonchev–Trinajstić information content (AvgIpc) is 2.83. The Morgan fingerprint density at radius 3 is 2.79 bits per heavy atom. The molecule has 0 spiro atoms. The fraction of sp³-hybridized carbons (Fsp3) is 0.636. The van der Waals surface area contributed by atoms with Crippen molar-refractivity contribution in [3.05, 3.63) is 16.3 Å². The fourth-order valence-electron chi connectivity index (χ4n) is 1.43. The van der Waals surface area contributed by atoms with Gasteiger partial charge in [-0.25, -0.2) is 13.1 Å². The molecule has 0 saturated carbocycles. The van der Waals surface area contributed by atoms with E-state index in [1.54, 1.807) is 25.6 Å². The van der Waals surface area contributed by atoms with Gasteiger partial charge in [0, 0.05) is 25.1 Å². The monoisotopic (exact) mass is 308 g/mol. The van der Waals surface area contributed by atoms with Crippen LogP contribution in [0.3, 0.4) is 0 Å². The average molecular weight is 308 g/mol. The summed E-state index contributed by atoms with van der Waals surface area (Å²) in [6, 6.07) is 1.62. The van der Waals surface area contributed by atoms with Crippen LogP contribution in [0.25, 0.3) is 0 Å². The number of thiophene rings is 1. The number of ether oxygens (including phenoxy) is 2. The highest BCUT2D eigenvalue weighted by molar-refractivity contribution is 7.89. The van der Waals surface area contributed by atoms with Crippen LogP contribution in [0.1, 0.15) is 4.88 Å². The molecule has 0 atom stereocenters. The standard InChI is InChI=1S/C11H20N2O4S2/c1-12-9-10-11(3-8-18-10)19(14,15)13-4-5-17-7-6-16-2/h3,8,12-13H,4-7,9H2,1-2H3. The van der Waals surface area contributed by atoms with Crippen molar-refractivity contribution in [2.75, 3.05) is 40.5 Å². The smallest absolute Gasteiger partial charge is 0.241 e. The van der Waals surface area contributed by atoms with Crippen molar-refractivity contribution in [3.8, 4) is 0 Å². The lowest BCUT2D eigenvalue weighted by molar-refractivity contribution is 0.0736. The number of hydrogen-bond acceptors (Lipinski definition) is 6. The Morgan fingerprint density at radius 2 is 2.11 bits per heavy atom. The number of methoxy groups -OCH3 is 1. The molecule has 19 heavy (non-hydrogen) atoms. The third kappa shape index (κ3) is 5.55. The van der Waals surface area contributed by atoms with E-state index in [4.69, 9.17) is 9.47 Å². The van der Waals surface area contributed by atoms with Crippen molar-refractivity contribution >= 4 is 21.4 Å². The molecule has 0 unspecified atom stereocenters. The molecule has 8 heteroatoms. The minimum absolute atomic E-state index is 0.251. The number of nitrogens with one attached hydrogen (secondary N) is 2. The van der Waals surface area contributed by atoms with Crippen molar-refractivity contribution in [1.82, 2.24) is 10.0 Å². The molecule has 1 aromatic heterocycles. The summed E-state index contributed by atoms with van der Waals surface area (Å²) >= 11 is 1.42. The highest BCUT2D eigenvalue weighted by atomic mass is 32.2. The molecule has 0 aromatic carbocycles. The van der Waals surface area contributed by atoms with E-state index in [9.17, 15) is 8.42 Å². The van der Waals surface area contributed by atoms with E-state index >= 15 is 0 Å². The van der Waals surface area contributed by atoms with E-state index in [1.165, 1.54) is 11.3 Å². The highest BCUT2D eigenvalue weighted by Crippen LogP contribution is 2.21. The fourth-order valence-corrected chi connectivity index (χ4v) is 3.89. The van der Waals surface area contributed by atoms with Gasteiger partial charge in [-0.05, 0) is 18.5 Å². The van der Waals surface area contributed by atoms with Crippen LogP contribution in [-0.4, -0.2) is 48.9 Å². The lowest BCUT2D eigenvalue weighted by atomic mass is 10.5. The van der Waals surface area contributed by atoms with Crippen molar-refractivity contribution in [1.29, 1.82) is 0 Å². The first-order valence-electron chi connectivity index (χ1n) is 5.89. The van der Waals surface area contributed by atoms with Gasteiger partial charge in [-0.15, -0.1) is 11.3 Å². The molecule has 0 aliphatic heterocycles. The van der Waals surface area contributed by atoms with E-state index in [0.717, 1.165) is 4.88 Å². The van der Waals surface area contributed by atoms with Crippen LogP contribution in [0, 0.1) is 0 Å². The first-order chi connectivity index (χ1) is 9.11. The number of rotatable bonds is 10. The summed E-state index contributed by atoms with van der Waals surface area (Å²) in [6.45, 7) is 2.08. The third-order valence-electron chi connectivity index (χ3n) is 2.30. The third-order valence-corrected chi connectivity index (χ3v) is 4.90. The Bertz CT molecular complexity index is 459. The van der Waals surface area contributed by atoms with Crippen LogP contribution >= 0.6 is 11.3 Å². The summed E-state index contributed by atoms with van der Waals surface area (Å²) in [5, 5.41) is 4.73. The van der Waals surface area contributed by atoms with Gasteiger partial charge in [0.15, 0.2) is 0 Å². The molecule has 110 valence electrons. The molecule has 0 radical (unpaired) electrons. The molecule has 0 saturated heterocycles. The minimum atomic E-state index is -3.45. The van der Waals surface area contributed by atoms with E-state index in [2.05, 4.69) is 10.0 Å². The number of sulfonamides is 1. The Morgan fingerprint density at radius 1 is 1.32 bits per heavy atom. The SMILES string of the molecule is CNCc1sccc1S(=O)(=O)NCCOCCOC. The predicted molar refractivity (Wildman–Crippen MR) is 75.0 cm³/mol. The molecule has 0 aliphatic carbocycles. The molecule has 1 heterocycles. The maximum Gasteiger partial charge on any atom is 0.241 e. The molecular weight excluding hydrogens is 288 g/mol. The highest BCUT2D eigenvalue weighted by Gasteiger charge is 2.18. The van der Waals surface area contributed by atoms with Crippen molar-refractivity contribution in [3.63, 3.8) is 0 Å². The van der Waals surface area contributed by atoms with Crippen LogP contribution in [-0.2, 0) is 26.0 Å². The van der Waals surface area contributed by atoms with Crippen LogP contribution in [0.4, 0.5) is 0 Å². The maximum atomic E-state index is 12.1. The van der Waals surface area contributed by atoms with E-state index in [0.29, 0.717) is 31.3 Å². The van der Waals surface area contributed by atoms with Gasteiger partial charge in [0.1, 0.15) is 0 Å². The lowest BCUT2D eigenvalue weighted by Gasteiger charge is -2.08. The molecule has 0 bridgehead atoms. The van der Waals surface area contributed by atoms with Crippen LogP contribution in [0.5, 0.6) is 0 Å². The van der Waals surface area contributed by atoms with Crippen LogP contribution < -0.4 is 10.0 Å². The summed E-state index contributed by atoms with van der Waals surface area (Å²) in [6.07, 6.45) is 0. The van der Waals surface area contributed by atoms with E-state index in [-0.39, 0.29) is 6.54 Å². The molecule has 2 N–H and O–H groups in total. The van der Waals surface area contributed by atoms with Crippen molar-refractivity contribution < 1.29 is 17.9 Å². The van der Waals surface area contributed by atoms with Gasteiger partial charge in [-0.1, -0.05) is 0 Å². The molecule has 0 amide bonds. The molecule has 0 fully saturated rings. The zero-order valence-corrected chi connectivity index (χ0v) is 12.8. The summed E-state index contributed by atoms with van der Waals surface area (Å²) in [5.74, 6) is 0. The van der Waals surface area contributed by atoms with Gasteiger partial charge in [0.2, 0.25) is 10.0 Å². The molecular formula is C11H20N2O4S2. The van der Waals surface area contributed by atoms with Gasteiger partial charge in [-0.2, -0.15) is 0 Å². The maximum absolute atomic E-state index is 12.1. The molecule has 1 rings (SSSR count). The normalized spacial score (nSPS) is 11.9. The predicted octanol–water partition coefficient (Wildman–Crippen LogP) is 0.409. The van der Waals surface area contributed by atoms with Gasteiger partial charge < -0.3 is 14.8 Å². The first kappa shape index (κ1) is 16.5. The van der Waals surface area contributed by atoms with Gasteiger partial charge in [-0.3, -0.25) is 0 Å². The second-order valence-corrected chi connectivity index (χ2v) is 6.48. The molecule has 6 nitrogen and oxygen atoms in total. The molecule has 0 aliphatic rings. The Balaban J connectivity index is 2.45. The van der Waals surface area contributed by atoms with Crippen molar-refractivity contribution in [2.24, 2.45) is 0 Å². The van der Waals surface area contributed by atoms with Crippen molar-refractivity contribution in [2.45, 2.75) is 11.4 Å². The second-order valence-electron chi connectivity index (χ2n) is 3.74. The zero-order chi connectivity index (χ0) is 14.1. The Labute approximate surface area is 118 Å². The van der Waals surface area contributed by atoms with Crippen LogP contribution in [0.2, 0.25) is 0 Å². The van der Waals surface area contributed by atoms with Crippen LogP contribution in [0.15, 0.2) is 16.3 Å². The van der Waals surface area contributed by atoms with Gasteiger partial charge >= 0.3 is 0 Å². The zero-order valence-electron chi connectivity index (χ0n) is 11.1. The first-order valence-corrected chi connectivity index (χ1v) is 8.25. The Kier molecular flexibility index (Phi) is 7.51. The van der Waals surface area contributed by atoms with Gasteiger partial charge in [0.05, 0.1) is 24.7 Å². The lowest BCUT2D eigenvalue weighted by Crippen LogP contribution is -2.28. The van der Waals surface area contributed by atoms with Gasteiger partial charge in [0.25, 0.3) is 0 Å².